The van der Waals surface area contributed by atoms with Crippen LogP contribution in [0.1, 0.15) is 21.8 Å². The van der Waals surface area contributed by atoms with Crippen LogP contribution in [0.15, 0.2) is 46.9 Å². The van der Waals surface area contributed by atoms with Crippen molar-refractivity contribution in [3.8, 4) is 0 Å². The molecular weight excluding hydrogens is 336 g/mol. The SMILES string of the molecule is Cc1ccc2c(c1)cc(C(=O)Nc1cc(Cl)c3oc(C)cc3c1)n2C. The number of nitrogens with one attached hydrogen (secondary N) is 1. The van der Waals surface area contributed by atoms with E-state index in [2.05, 4.69) is 11.4 Å². The third kappa shape index (κ3) is 2.68. The highest BCUT2D eigenvalue weighted by Gasteiger charge is 2.15. The van der Waals surface area contributed by atoms with Gasteiger partial charge < -0.3 is 14.3 Å². The fourth-order valence-electron chi connectivity index (χ4n) is 3.19. The first kappa shape index (κ1) is 15.8. The van der Waals surface area contributed by atoms with Crippen LogP contribution >= 0.6 is 11.6 Å². The van der Waals surface area contributed by atoms with Crippen molar-refractivity contribution in [1.82, 2.24) is 4.57 Å². The van der Waals surface area contributed by atoms with Crippen molar-refractivity contribution >= 4 is 45.1 Å². The summed E-state index contributed by atoms with van der Waals surface area (Å²) in [5, 5.41) is 5.33. The van der Waals surface area contributed by atoms with Crippen molar-refractivity contribution in [2.75, 3.05) is 5.32 Å². The predicted molar refractivity (Wildman–Crippen MR) is 102 cm³/mol. The number of carbonyl (C=O) groups excluding carboxylic acids is 1. The molecule has 4 rings (SSSR count). The summed E-state index contributed by atoms with van der Waals surface area (Å²) >= 11 is 6.27. The number of carbonyl (C=O) groups is 1. The molecular formula is C20H17ClN2O2. The highest BCUT2D eigenvalue weighted by atomic mass is 35.5. The van der Waals surface area contributed by atoms with E-state index in [9.17, 15) is 4.79 Å². The smallest absolute Gasteiger partial charge is 0.272 e. The molecule has 0 spiro atoms. The molecule has 0 unspecified atom stereocenters. The van der Waals surface area contributed by atoms with Gasteiger partial charge in [0.25, 0.3) is 5.91 Å². The van der Waals surface area contributed by atoms with Crippen LogP contribution in [0.4, 0.5) is 5.69 Å². The van der Waals surface area contributed by atoms with Crippen molar-refractivity contribution in [2.24, 2.45) is 7.05 Å². The van der Waals surface area contributed by atoms with E-state index in [0.29, 0.717) is 22.0 Å². The Morgan fingerprint density at radius 2 is 1.88 bits per heavy atom. The van der Waals surface area contributed by atoms with Gasteiger partial charge in [0.2, 0.25) is 0 Å². The topological polar surface area (TPSA) is 47.2 Å². The molecule has 0 fully saturated rings. The molecule has 126 valence electrons. The third-order valence-electron chi connectivity index (χ3n) is 4.38. The Labute approximate surface area is 150 Å². The molecule has 0 atom stereocenters. The molecule has 2 heterocycles. The number of hydrogen-bond acceptors (Lipinski definition) is 2. The van der Waals surface area contributed by atoms with Gasteiger partial charge in [-0.25, -0.2) is 0 Å². The molecule has 0 saturated heterocycles. The Hall–Kier alpha value is -2.72. The Bertz CT molecular complexity index is 1140. The molecule has 0 aliphatic heterocycles. The number of rotatable bonds is 2. The van der Waals surface area contributed by atoms with Crippen molar-refractivity contribution in [1.29, 1.82) is 0 Å². The van der Waals surface area contributed by atoms with Crippen molar-refractivity contribution in [3.05, 3.63) is 64.5 Å². The van der Waals surface area contributed by atoms with Crippen LogP contribution in [0.2, 0.25) is 5.02 Å². The largest absolute Gasteiger partial charge is 0.460 e. The molecule has 1 amide bonds. The highest BCUT2D eigenvalue weighted by Crippen LogP contribution is 2.31. The number of fused-ring (bicyclic) bond motifs is 2. The number of aryl methyl sites for hydroxylation is 3. The molecule has 0 aliphatic carbocycles. The summed E-state index contributed by atoms with van der Waals surface area (Å²) in [5.41, 5.74) is 4.06. The monoisotopic (exact) mass is 352 g/mol. The lowest BCUT2D eigenvalue weighted by molar-refractivity contribution is 0.102. The van der Waals surface area contributed by atoms with E-state index in [4.69, 9.17) is 16.0 Å². The molecule has 0 bridgehead atoms. The second-order valence-electron chi connectivity index (χ2n) is 6.34. The molecule has 0 radical (unpaired) electrons. The van der Waals surface area contributed by atoms with Gasteiger partial charge in [-0.1, -0.05) is 23.2 Å². The van der Waals surface area contributed by atoms with Crippen LogP contribution in [-0.4, -0.2) is 10.5 Å². The minimum Gasteiger partial charge on any atom is -0.460 e. The average molecular weight is 353 g/mol. The van der Waals surface area contributed by atoms with E-state index >= 15 is 0 Å². The maximum atomic E-state index is 12.7. The summed E-state index contributed by atoms with van der Waals surface area (Å²) in [6.45, 7) is 3.91. The molecule has 2 aromatic heterocycles. The van der Waals surface area contributed by atoms with Gasteiger partial charge in [-0.05, 0) is 50.2 Å². The van der Waals surface area contributed by atoms with Gasteiger partial charge >= 0.3 is 0 Å². The zero-order chi connectivity index (χ0) is 17.7. The summed E-state index contributed by atoms with van der Waals surface area (Å²) in [6.07, 6.45) is 0. The van der Waals surface area contributed by atoms with Gasteiger partial charge in [0.05, 0.1) is 5.02 Å². The van der Waals surface area contributed by atoms with E-state index in [1.165, 1.54) is 0 Å². The van der Waals surface area contributed by atoms with Crippen LogP contribution < -0.4 is 5.32 Å². The first-order valence-electron chi connectivity index (χ1n) is 7.99. The van der Waals surface area contributed by atoms with Crippen LogP contribution in [0, 0.1) is 13.8 Å². The normalized spacial score (nSPS) is 11.4. The summed E-state index contributed by atoms with van der Waals surface area (Å²) < 4.78 is 7.46. The van der Waals surface area contributed by atoms with Crippen LogP contribution in [-0.2, 0) is 7.05 Å². The molecule has 1 N–H and O–H groups in total. The number of hydrogen-bond donors (Lipinski definition) is 1. The van der Waals surface area contributed by atoms with Crippen LogP contribution in [0.5, 0.6) is 0 Å². The van der Waals surface area contributed by atoms with Gasteiger partial charge in [0, 0.05) is 29.0 Å². The summed E-state index contributed by atoms with van der Waals surface area (Å²) in [5.74, 6) is 0.608. The van der Waals surface area contributed by atoms with E-state index in [-0.39, 0.29) is 5.91 Å². The number of halogens is 1. The van der Waals surface area contributed by atoms with E-state index in [1.54, 1.807) is 6.07 Å². The van der Waals surface area contributed by atoms with E-state index < -0.39 is 0 Å². The lowest BCUT2D eigenvalue weighted by atomic mass is 10.2. The molecule has 0 saturated carbocycles. The fraction of sp³-hybridized carbons (Fsp3) is 0.150. The predicted octanol–water partition coefficient (Wildman–Crippen LogP) is 5.45. The highest BCUT2D eigenvalue weighted by molar-refractivity contribution is 6.35. The van der Waals surface area contributed by atoms with E-state index in [1.807, 2.05) is 55.8 Å². The third-order valence-corrected chi connectivity index (χ3v) is 4.66. The molecule has 4 aromatic rings. The second-order valence-corrected chi connectivity index (χ2v) is 6.75. The van der Waals surface area contributed by atoms with Crippen molar-refractivity contribution in [2.45, 2.75) is 13.8 Å². The number of nitrogens with zero attached hydrogens (tertiary/aromatic N) is 1. The standard InChI is InChI=1S/C20H17ClN2O2/c1-11-4-5-17-13(6-11)9-18(23(17)3)20(24)22-15-8-14-7-12(2)25-19(14)16(21)10-15/h4-10H,1-3H3,(H,22,24). The zero-order valence-electron chi connectivity index (χ0n) is 14.2. The Balaban J connectivity index is 1.71. The van der Waals surface area contributed by atoms with Crippen molar-refractivity contribution in [3.63, 3.8) is 0 Å². The molecule has 2 aromatic carbocycles. The van der Waals surface area contributed by atoms with Gasteiger partial charge in [0.15, 0.2) is 5.58 Å². The Kier molecular flexibility index (Phi) is 3.58. The minimum atomic E-state index is -0.174. The van der Waals surface area contributed by atoms with E-state index in [0.717, 1.165) is 27.6 Å². The lowest BCUT2D eigenvalue weighted by Gasteiger charge is -2.07. The first-order chi connectivity index (χ1) is 11.9. The number of aromatic nitrogens is 1. The van der Waals surface area contributed by atoms with Gasteiger partial charge in [-0.2, -0.15) is 0 Å². The second kappa shape index (κ2) is 5.67. The van der Waals surface area contributed by atoms with Gasteiger partial charge in [0.1, 0.15) is 11.5 Å². The molecule has 4 nitrogen and oxygen atoms in total. The number of benzene rings is 2. The average Bonchev–Trinajstić information content (AvgIpc) is 3.07. The molecule has 0 aliphatic rings. The lowest BCUT2D eigenvalue weighted by Crippen LogP contribution is -2.15. The van der Waals surface area contributed by atoms with Crippen molar-refractivity contribution < 1.29 is 9.21 Å². The summed E-state index contributed by atoms with van der Waals surface area (Å²) in [4.78, 5) is 12.7. The molecule has 25 heavy (non-hydrogen) atoms. The Morgan fingerprint density at radius 3 is 2.68 bits per heavy atom. The maximum absolute atomic E-state index is 12.7. The zero-order valence-corrected chi connectivity index (χ0v) is 14.9. The number of anilines is 1. The maximum Gasteiger partial charge on any atom is 0.272 e. The van der Waals surface area contributed by atoms with Gasteiger partial charge in [-0.15, -0.1) is 0 Å². The number of furan rings is 1. The fourth-order valence-corrected chi connectivity index (χ4v) is 3.46. The Morgan fingerprint density at radius 1 is 1.08 bits per heavy atom. The molecule has 5 heteroatoms. The first-order valence-corrected chi connectivity index (χ1v) is 8.37. The van der Waals surface area contributed by atoms with Crippen LogP contribution in [0.25, 0.3) is 21.9 Å². The summed E-state index contributed by atoms with van der Waals surface area (Å²) in [6, 6.07) is 13.5. The minimum absolute atomic E-state index is 0.174. The quantitative estimate of drug-likeness (QED) is 0.521. The van der Waals surface area contributed by atoms with Gasteiger partial charge in [-0.3, -0.25) is 4.79 Å². The van der Waals surface area contributed by atoms with Crippen LogP contribution in [0.3, 0.4) is 0 Å². The number of amides is 1. The summed E-state index contributed by atoms with van der Waals surface area (Å²) in [7, 11) is 1.89.